The van der Waals surface area contributed by atoms with Crippen molar-refractivity contribution < 1.29 is 32.3 Å². The summed E-state index contributed by atoms with van der Waals surface area (Å²) in [6.07, 6.45) is 0. The number of ether oxygens (including phenoxy) is 2. The molecule has 1 saturated heterocycles. The van der Waals surface area contributed by atoms with Crippen molar-refractivity contribution in [2.24, 2.45) is 0 Å². The van der Waals surface area contributed by atoms with Gasteiger partial charge < -0.3 is 9.47 Å². The molecule has 0 aromatic carbocycles. The van der Waals surface area contributed by atoms with Crippen molar-refractivity contribution in [3.63, 3.8) is 0 Å². The molecule has 0 saturated carbocycles. The van der Waals surface area contributed by atoms with E-state index in [0.717, 1.165) is 11.8 Å². The number of ketones is 1. The Morgan fingerprint density at radius 1 is 1.45 bits per heavy atom. The lowest BCUT2D eigenvalue weighted by atomic mass is 9.96. The summed E-state index contributed by atoms with van der Waals surface area (Å²) < 4.78 is 34.1. The molecule has 0 spiro atoms. The molecule has 2 atom stereocenters. The summed E-state index contributed by atoms with van der Waals surface area (Å²) in [5.74, 6) is -3.28. The quantitative estimate of drug-likeness (QED) is 0.384. The van der Waals surface area contributed by atoms with Crippen molar-refractivity contribution in [3.05, 3.63) is 11.5 Å². The zero-order valence-electron chi connectivity index (χ0n) is 12.1. The van der Waals surface area contributed by atoms with E-state index in [-0.39, 0.29) is 11.5 Å². The molecule has 0 radical (unpaired) electrons. The lowest BCUT2D eigenvalue weighted by Gasteiger charge is -2.52. The van der Waals surface area contributed by atoms with Gasteiger partial charge in [-0.1, -0.05) is 0 Å². The Labute approximate surface area is 131 Å². The molecule has 2 rings (SSSR count). The molecule has 1 fully saturated rings. The molecule has 8 nitrogen and oxygen atoms in total. The van der Waals surface area contributed by atoms with Crippen LogP contribution < -0.4 is 0 Å². The van der Waals surface area contributed by atoms with Gasteiger partial charge in [0.25, 0.3) is 5.91 Å². The molecule has 0 N–H and O–H groups in total. The highest BCUT2D eigenvalue weighted by Crippen LogP contribution is 2.46. The van der Waals surface area contributed by atoms with Crippen LogP contribution in [0.1, 0.15) is 13.8 Å². The van der Waals surface area contributed by atoms with E-state index in [1.807, 2.05) is 0 Å². The molecule has 22 heavy (non-hydrogen) atoms. The molecular formula is C12H14ClNO7S. The van der Waals surface area contributed by atoms with Gasteiger partial charge in [0.15, 0.2) is 25.8 Å². The number of carbonyl (C=O) groups excluding carboxylic acids is 3. The maximum atomic E-state index is 12.3. The molecule has 2 aliphatic rings. The normalized spacial score (nSPS) is 29.7. The van der Waals surface area contributed by atoms with Gasteiger partial charge in [-0.25, -0.2) is 8.42 Å². The van der Waals surface area contributed by atoms with Gasteiger partial charge in [0, 0.05) is 14.0 Å². The summed E-state index contributed by atoms with van der Waals surface area (Å²) in [6.45, 7) is 1.94. The predicted octanol–water partition coefficient (Wildman–Crippen LogP) is -0.429. The Morgan fingerprint density at radius 2 is 2.05 bits per heavy atom. The molecule has 0 aromatic heterocycles. The third kappa shape index (κ3) is 2.42. The largest absolute Gasteiger partial charge is 0.428 e. The van der Waals surface area contributed by atoms with Crippen LogP contribution in [0, 0.1) is 0 Å². The highest BCUT2D eigenvalue weighted by atomic mass is 35.5. The van der Waals surface area contributed by atoms with Gasteiger partial charge in [-0.3, -0.25) is 19.3 Å². The number of β-lactam (4-membered cyclic amide) rings is 1. The molecule has 0 aromatic rings. The van der Waals surface area contributed by atoms with Crippen molar-refractivity contribution in [1.29, 1.82) is 0 Å². The van der Waals surface area contributed by atoms with Gasteiger partial charge in [0.05, 0.1) is 0 Å². The van der Waals surface area contributed by atoms with E-state index in [1.54, 1.807) is 0 Å². The molecule has 1 amide bonds. The number of alkyl halides is 1. The zero-order chi connectivity index (χ0) is 16.9. The van der Waals surface area contributed by atoms with Crippen LogP contribution in [0.2, 0.25) is 0 Å². The van der Waals surface area contributed by atoms with Gasteiger partial charge in [-0.15, -0.1) is 11.6 Å². The molecular weight excluding hydrogens is 338 g/mol. The number of amides is 1. The molecule has 10 heteroatoms. The minimum absolute atomic E-state index is 0.292. The third-order valence-corrected chi connectivity index (χ3v) is 5.84. The predicted molar refractivity (Wildman–Crippen MR) is 74.4 cm³/mol. The van der Waals surface area contributed by atoms with Crippen LogP contribution in [-0.4, -0.2) is 60.7 Å². The fourth-order valence-corrected chi connectivity index (χ4v) is 5.16. The summed E-state index contributed by atoms with van der Waals surface area (Å²) >= 11 is 5.97. The number of sulfone groups is 1. The van der Waals surface area contributed by atoms with Crippen LogP contribution in [0.15, 0.2) is 11.5 Å². The average Bonchev–Trinajstić information content (AvgIpc) is 2.35. The number of hydrogen-bond donors (Lipinski definition) is 0. The Hall–Kier alpha value is -1.45. The van der Waals surface area contributed by atoms with E-state index in [1.165, 1.54) is 14.0 Å². The first-order valence-corrected chi connectivity index (χ1v) is 8.31. The monoisotopic (exact) mass is 351 g/mol. The van der Waals surface area contributed by atoms with Crippen LogP contribution in [0.25, 0.3) is 0 Å². The minimum Gasteiger partial charge on any atom is -0.428 e. The number of Topliss-reactive ketones (excluding diaryl/α,β-unsaturated/α-hetero) is 1. The van der Waals surface area contributed by atoms with E-state index in [0.29, 0.717) is 0 Å². The zero-order valence-corrected chi connectivity index (χ0v) is 13.7. The summed E-state index contributed by atoms with van der Waals surface area (Å²) in [6, 6.07) is 0. The Bertz CT molecular complexity index is 694. The first-order chi connectivity index (χ1) is 10.0. The standard InChI is InChI=1S/C12H14ClNO7S/c1-6(15)21-8-5-22(18,19)11-12(2,13)10(17)14(11)9(8)7(16)4-20-3/h11H,4-5H2,1-3H3/t11-,12-/m0/s1. The second-order valence-electron chi connectivity index (χ2n) is 5.13. The van der Waals surface area contributed by atoms with Crippen molar-refractivity contribution in [1.82, 2.24) is 4.90 Å². The van der Waals surface area contributed by atoms with Gasteiger partial charge in [-0.05, 0) is 6.92 Å². The number of fused-ring (bicyclic) bond motifs is 1. The van der Waals surface area contributed by atoms with Crippen molar-refractivity contribution in [3.8, 4) is 0 Å². The number of methoxy groups -OCH3 is 1. The molecule has 0 bridgehead atoms. The Balaban J connectivity index is 2.59. The molecule has 2 heterocycles. The van der Waals surface area contributed by atoms with E-state index >= 15 is 0 Å². The molecule has 122 valence electrons. The summed E-state index contributed by atoms with van der Waals surface area (Å²) in [5.41, 5.74) is -0.292. The summed E-state index contributed by atoms with van der Waals surface area (Å²) in [4.78, 5) is 34.5. The maximum Gasteiger partial charge on any atom is 0.307 e. The smallest absolute Gasteiger partial charge is 0.307 e. The van der Waals surface area contributed by atoms with Crippen LogP contribution in [0.4, 0.5) is 0 Å². The second kappa shape index (κ2) is 5.32. The topological polar surface area (TPSA) is 107 Å². The van der Waals surface area contributed by atoms with Gasteiger partial charge in [0.2, 0.25) is 5.78 Å². The molecule has 2 aliphatic heterocycles. The number of hydrogen-bond acceptors (Lipinski definition) is 7. The fraction of sp³-hybridized carbons (Fsp3) is 0.583. The van der Waals surface area contributed by atoms with E-state index < -0.39 is 50.1 Å². The number of carbonyl (C=O) groups is 3. The second-order valence-corrected chi connectivity index (χ2v) is 7.98. The number of nitrogens with zero attached hydrogens (tertiary/aromatic N) is 1. The van der Waals surface area contributed by atoms with Gasteiger partial charge >= 0.3 is 5.97 Å². The summed E-state index contributed by atoms with van der Waals surface area (Å²) in [7, 11) is -2.63. The van der Waals surface area contributed by atoms with Crippen molar-refractivity contribution in [2.45, 2.75) is 24.1 Å². The van der Waals surface area contributed by atoms with Crippen molar-refractivity contribution >= 4 is 39.1 Å². The Kier molecular flexibility index (Phi) is 4.09. The first-order valence-electron chi connectivity index (χ1n) is 6.22. The summed E-state index contributed by atoms with van der Waals surface area (Å²) in [5, 5.41) is -1.37. The fourth-order valence-electron chi connectivity index (χ4n) is 2.55. The van der Waals surface area contributed by atoms with E-state index in [9.17, 15) is 22.8 Å². The van der Waals surface area contributed by atoms with Crippen LogP contribution >= 0.6 is 11.6 Å². The van der Waals surface area contributed by atoms with Crippen molar-refractivity contribution in [2.75, 3.05) is 19.5 Å². The van der Waals surface area contributed by atoms with E-state index in [2.05, 4.69) is 0 Å². The van der Waals surface area contributed by atoms with Gasteiger partial charge in [0.1, 0.15) is 18.1 Å². The lowest BCUT2D eigenvalue weighted by molar-refractivity contribution is -0.148. The Morgan fingerprint density at radius 3 is 2.55 bits per heavy atom. The van der Waals surface area contributed by atoms with Crippen LogP contribution in [0.5, 0.6) is 0 Å². The van der Waals surface area contributed by atoms with E-state index in [4.69, 9.17) is 21.1 Å². The van der Waals surface area contributed by atoms with Crippen LogP contribution in [0.3, 0.4) is 0 Å². The third-order valence-electron chi connectivity index (χ3n) is 3.32. The highest BCUT2D eigenvalue weighted by Gasteiger charge is 2.67. The van der Waals surface area contributed by atoms with Crippen LogP contribution in [-0.2, 0) is 33.7 Å². The highest BCUT2D eigenvalue weighted by molar-refractivity contribution is 7.92. The number of halogens is 1. The lowest BCUT2D eigenvalue weighted by Crippen LogP contribution is -2.74. The molecule has 0 aliphatic carbocycles. The minimum atomic E-state index is -3.90. The number of rotatable bonds is 4. The van der Waals surface area contributed by atoms with Gasteiger partial charge in [-0.2, -0.15) is 0 Å². The maximum absolute atomic E-state index is 12.3. The molecule has 0 unspecified atom stereocenters. The number of esters is 1. The SMILES string of the molecule is COCC(=O)C1=C(OC(C)=O)CS(=O)(=O)[C@@H]2N1C(=O)[C@]2(C)Cl. The average molecular weight is 352 g/mol. The first kappa shape index (κ1) is 16.9.